The molecule has 1 aromatic rings. The Labute approximate surface area is 114 Å². The summed E-state index contributed by atoms with van der Waals surface area (Å²) in [4.78, 5) is 2.66. The number of hydrogen-bond acceptors (Lipinski definition) is 3. The molecule has 18 heavy (non-hydrogen) atoms. The molecule has 2 nitrogen and oxygen atoms in total. The van der Waals surface area contributed by atoms with Crippen molar-refractivity contribution in [2.45, 2.75) is 57.0 Å². The van der Waals surface area contributed by atoms with Crippen molar-refractivity contribution in [3.05, 3.63) is 16.8 Å². The van der Waals surface area contributed by atoms with Crippen LogP contribution in [0.25, 0.3) is 0 Å². The van der Waals surface area contributed by atoms with Gasteiger partial charge in [-0.25, -0.2) is 0 Å². The lowest BCUT2D eigenvalue weighted by Crippen LogP contribution is -2.64. The molecule has 1 aliphatic carbocycles. The van der Waals surface area contributed by atoms with Gasteiger partial charge in [0.15, 0.2) is 0 Å². The molecular formula is C15H24N2S. The molecule has 1 saturated carbocycles. The fourth-order valence-electron chi connectivity index (χ4n) is 3.61. The van der Waals surface area contributed by atoms with Crippen LogP contribution in [0.2, 0.25) is 0 Å². The van der Waals surface area contributed by atoms with Crippen molar-refractivity contribution in [1.29, 1.82) is 0 Å². The van der Waals surface area contributed by atoms with Crippen LogP contribution >= 0.6 is 11.3 Å². The van der Waals surface area contributed by atoms with E-state index in [-0.39, 0.29) is 0 Å². The van der Waals surface area contributed by atoms with Gasteiger partial charge in [0.2, 0.25) is 0 Å². The number of rotatable bonds is 2. The molecule has 1 unspecified atom stereocenters. The summed E-state index contributed by atoms with van der Waals surface area (Å²) in [5, 5.41) is 8.41. The van der Waals surface area contributed by atoms with Crippen LogP contribution in [0.15, 0.2) is 16.8 Å². The number of piperazine rings is 1. The van der Waals surface area contributed by atoms with Crippen molar-refractivity contribution in [2.24, 2.45) is 0 Å². The van der Waals surface area contributed by atoms with E-state index in [0.29, 0.717) is 11.6 Å². The van der Waals surface area contributed by atoms with Gasteiger partial charge in [0.1, 0.15) is 0 Å². The van der Waals surface area contributed by atoms with Crippen LogP contribution in [0.4, 0.5) is 5.69 Å². The van der Waals surface area contributed by atoms with E-state index in [1.165, 1.54) is 50.8 Å². The van der Waals surface area contributed by atoms with Crippen LogP contribution in [0.3, 0.4) is 0 Å². The van der Waals surface area contributed by atoms with E-state index in [2.05, 4.69) is 34.0 Å². The second kappa shape index (κ2) is 5.22. The van der Waals surface area contributed by atoms with E-state index in [1.807, 2.05) is 11.3 Å². The molecule has 2 heterocycles. The molecule has 1 atom stereocenters. The summed E-state index contributed by atoms with van der Waals surface area (Å²) in [6.07, 6.45) is 8.20. The maximum Gasteiger partial charge on any atom is 0.0478 e. The zero-order valence-electron chi connectivity index (χ0n) is 11.3. The Kier molecular flexibility index (Phi) is 3.62. The fraction of sp³-hybridized carbons (Fsp3) is 0.733. The fourth-order valence-corrected chi connectivity index (χ4v) is 4.26. The van der Waals surface area contributed by atoms with Crippen LogP contribution in [0, 0.1) is 0 Å². The highest BCUT2D eigenvalue weighted by Gasteiger charge is 2.39. The summed E-state index contributed by atoms with van der Waals surface area (Å²) in [5.74, 6) is 0. The SMILES string of the molecule is CCC1CNC2(CCCCC2)CN1c1ccsc1. The summed E-state index contributed by atoms with van der Waals surface area (Å²) < 4.78 is 0. The molecule has 1 spiro atoms. The van der Waals surface area contributed by atoms with Crippen molar-refractivity contribution < 1.29 is 0 Å². The second-order valence-electron chi connectivity index (χ2n) is 5.89. The van der Waals surface area contributed by atoms with Crippen LogP contribution in [0.5, 0.6) is 0 Å². The maximum absolute atomic E-state index is 3.89. The van der Waals surface area contributed by atoms with Crippen LogP contribution < -0.4 is 10.2 Å². The average molecular weight is 264 g/mol. The average Bonchev–Trinajstić information content (AvgIpc) is 2.93. The number of anilines is 1. The number of thiophene rings is 1. The highest BCUT2D eigenvalue weighted by molar-refractivity contribution is 7.08. The van der Waals surface area contributed by atoms with Gasteiger partial charge < -0.3 is 10.2 Å². The highest BCUT2D eigenvalue weighted by Crippen LogP contribution is 2.34. The lowest BCUT2D eigenvalue weighted by molar-refractivity contribution is 0.196. The molecule has 0 bridgehead atoms. The summed E-state index contributed by atoms with van der Waals surface area (Å²) in [6.45, 7) is 4.68. The third kappa shape index (κ3) is 2.30. The predicted molar refractivity (Wildman–Crippen MR) is 79.6 cm³/mol. The standard InChI is InChI=1S/C15H24N2S/c1-2-13-10-16-15(7-4-3-5-8-15)12-17(13)14-6-9-18-11-14/h6,9,11,13,16H,2-5,7-8,10,12H2,1H3. The van der Waals surface area contributed by atoms with Gasteiger partial charge in [-0.15, -0.1) is 0 Å². The first kappa shape index (κ1) is 12.5. The molecule has 2 aliphatic rings. The van der Waals surface area contributed by atoms with E-state index < -0.39 is 0 Å². The van der Waals surface area contributed by atoms with Crippen molar-refractivity contribution in [3.63, 3.8) is 0 Å². The first-order chi connectivity index (χ1) is 8.83. The molecule has 1 saturated heterocycles. The van der Waals surface area contributed by atoms with E-state index in [4.69, 9.17) is 0 Å². The van der Waals surface area contributed by atoms with E-state index >= 15 is 0 Å². The lowest BCUT2D eigenvalue weighted by Gasteiger charge is -2.50. The molecule has 2 fully saturated rings. The molecule has 1 aliphatic heterocycles. The van der Waals surface area contributed by atoms with E-state index in [1.54, 1.807) is 0 Å². The van der Waals surface area contributed by atoms with Crippen LogP contribution in [-0.4, -0.2) is 24.7 Å². The monoisotopic (exact) mass is 264 g/mol. The zero-order chi connectivity index (χ0) is 12.4. The number of nitrogens with zero attached hydrogens (tertiary/aromatic N) is 1. The Hall–Kier alpha value is -0.540. The van der Waals surface area contributed by atoms with Gasteiger partial charge in [0.25, 0.3) is 0 Å². The lowest BCUT2D eigenvalue weighted by atomic mass is 9.79. The van der Waals surface area contributed by atoms with Gasteiger partial charge >= 0.3 is 0 Å². The minimum absolute atomic E-state index is 0.409. The highest BCUT2D eigenvalue weighted by atomic mass is 32.1. The molecule has 1 aromatic heterocycles. The molecule has 1 N–H and O–H groups in total. The summed E-state index contributed by atoms with van der Waals surface area (Å²) in [6, 6.07) is 2.96. The Morgan fingerprint density at radius 1 is 1.39 bits per heavy atom. The zero-order valence-corrected chi connectivity index (χ0v) is 12.1. The number of hydrogen-bond donors (Lipinski definition) is 1. The maximum atomic E-state index is 3.89. The third-order valence-electron chi connectivity index (χ3n) is 4.75. The van der Waals surface area contributed by atoms with Gasteiger partial charge in [0, 0.05) is 35.7 Å². The Balaban J connectivity index is 1.80. The van der Waals surface area contributed by atoms with Gasteiger partial charge in [-0.3, -0.25) is 0 Å². The van der Waals surface area contributed by atoms with Crippen molar-refractivity contribution in [3.8, 4) is 0 Å². The van der Waals surface area contributed by atoms with Crippen molar-refractivity contribution in [1.82, 2.24) is 5.32 Å². The van der Waals surface area contributed by atoms with E-state index in [0.717, 1.165) is 6.54 Å². The summed E-state index contributed by atoms with van der Waals surface area (Å²) >= 11 is 1.82. The van der Waals surface area contributed by atoms with Gasteiger partial charge in [-0.2, -0.15) is 11.3 Å². The van der Waals surface area contributed by atoms with Gasteiger partial charge in [-0.1, -0.05) is 26.2 Å². The first-order valence-electron chi connectivity index (χ1n) is 7.37. The van der Waals surface area contributed by atoms with Crippen molar-refractivity contribution in [2.75, 3.05) is 18.0 Å². The Morgan fingerprint density at radius 2 is 2.22 bits per heavy atom. The topological polar surface area (TPSA) is 15.3 Å². The molecule has 3 rings (SSSR count). The third-order valence-corrected chi connectivity index (χ3v) is 5.42. The van der Waals surface area contributed by atoms with Crippen LogP contribution in [-0.2, 0) is 0 Å². The van der Waals surface area contributed by atoms with Crippen molar-refractivity contribution >= 4 is 17.0 Å². The van der Waals surface area contributed by atoms with Gasteiger partial charge in [-0.05, 0) is 30.7 Å². The van der Waals surface area contributed by atoms with Crippen LogP contribution in [0.1, 0.15) is 45.4 Å². The smallest absolute Gasteiger partial charge is 0.0478 e. The largest absolute Gasteiger partial charge is 0.365 e. The van der Waals surface area contributed by atoms with Gasteiger partial charge in [0.05, 0.1) is 0 Å². The molecule has 0 radical (unpaired) electrons. The molecule has 0 amide bonds. The summed E-state index contributed by atoms with van der Waals surface area (Å²) in [7, 11) is 0. The van der Waals surface area contributed by atoms with E-state index in [9.17, 15) is 0 Å². The predicted octanol–water partition coefficient (Wildman–Crippen LogP) is 3.64. The molecular weight excluding hydrogens is 240 g/mol. The molecule has 100 valence electrons. The molecule has 3 heteroatoms. The minimum Gasteiger partial charge on any atom is -0.365 e. The minimum atomic E-state index is 0.409. The Bertz CT molecular complexity index is 368. The number of nitrogens with one attached hydrogen (secondary N) is 1. The second-order valence-corrected chi connectivity index (χ2v) is 6.67. The first-order valence-corrected chi connectivity index (χ1v) is 8.31. The summed E-state index contributed by atoms with van der Waals surface area (Å²) in [5.41, 5.74) is 1.85. The molecule has 0 aromatic carbocycles. The Morgan fingerprint density at radius 3 is 2.89 bits per heavy atom. The quantitative estimate of drug-likeness (QED) is 0.877. The normalized spacial score (nSPS) is 27.6.